The molecule has 1 rings (SSSR count). The van der Waals surface area contributed by atoms with E-state index in [2.05, 4.69) is 15.3 Å². The van der Waals surface area contributed by atoms with Crippen LogP contribution in [0.4, 0.5) is 18.9 Å². The third-order valence-corrected chi connectivity index (χ3v) is 2.56. The molecule has 20 heavy (non-hydrogen) atoms. The van der Waals surface area contributed by atoms with Gasteiger partial charge in [-0.3, -0.25) is 4.90 Å². The maximum atomic E-state index is 12.5. The van der Waals surface area contributed by atoms with Crippen molar-refractivity contribution >= 4 is 5.69 Å². The van der Waals surface area contributed by atoms with Crippen LogP contribution >= 0.6 is 0 Å². The minimum absolute atomic E-state index is 0.149. The van der Waals surface area contributed by atoms with Crippen molar-refractivity contribution in [2.75, 3.05) is 26.7 Å². The van der Waals surface area contributed by atoms with Crippen LogP contribution in [0.15, 0.2) is 29.4 Å². The smallest absolute Gasteiger partial charge is 0.318 e. The van der Waals surface area contributed by atoms with Gasteiger partial charge in [0.2, 0.25) is 0 Å². The summed E-state index contributed by atoms with van der Waals surface area (Å²) in [5, 5.41) is 6.26. The van der Waals surface area contributed by atoms with E-state index in [0.29, 0.717) is 17.8 Å². The Bertz CT molecular complexity index is 468. The van der Waals surface area contributed by atoms with Crippen molar-refractivity contribution in [3.63, 3.8) is 0 Å². The van der Waals surface area contributed by atoms with Gasteiger partial charge in [0.25, 0.3) is 0 Å². The van der Waals surface area contributed by atoms with Crippen molar-refractivity contribution < 1.29 is 13.2 Å². The summed E-state index contributed by atoms with van der Waals surface area (Å²) in [5.41, 5.74) is 9.42. The first-order chi connectivity index (χ1) is 9.44. The highest BCUT2D eigenvalue weighted by Crippen LogP contribution is 2.20. The molecule has 0 aliphatic heterocycles. The quantitative estimate of drug-likeness (QED) is 0.475. The minimum atomic E-state index is -4.24. The number of rotatable bonds is 7. The van der Waals surface area contributed by atoms with Gasteiger partial charge in [0.05, 0.1) is 6.54 Å². The highest BCUT2D eigenvalue weighted by atomic mass is 19.4. The van der Waals surface area contributed by atoms with E-state index in [1.807, 2.05) is 0 Å². The number of hydrogen-bond donors (Lipinski definition) is 1. The summed E-state index contributed by atoms with van der Waals surface area (Å²) in [5.74, 6) is 0. The van der Waals surface area contributed by atoms with E-state index in [-0.39, 0.29) is 13.1 Å². The zero-order chi connectivity index (χ0) is 15.0. The second-order valence-electron chi connectivity index (χ2n) is 4.29. The summed E-state index contributed by atoms with van der Waals surface area (Å²) in [6.45, 7) is -0.0791. The van der Waals surface area contributed by atoms with E-state index in [0.717, 1.165) is 0 Å². The highest BCUT2D eigenvalue weighted by molar-refractivity contribution is 5.39. The van der Waals surface area contributed by atoms with Gasteiger partial charge in [0.1, 0.15) is 0 Å². The molecule has 0 aliphatic rings. The second-order valence-corrected chi connectivity index (χ2v) is 4.29. The SMILES string of the molecule is CNCCN(Cc1cccc(N=[N+]=[N-])c1)CC(F)(F)F. The molecule has 0 aliphatic carbocycles. The number of hydrogen-bond acceptors (Lipinski definition) is 3. The van der Waals surface area contributed by atoms with Crippen LogP contribution in [0.3, 0.4) is 0 Å². The number of likely N-dealkylation sites (N-methyl/N-ethyl adjacent to an activating group) is 1. The Labute approximate surface area is 115 Å². The molecule has 0 amide bonds. The van der Waals surface area contributed by atoms with E-state index < -0.39 is 12.7 Å². The number of halogens is 3. The molecule has 1 N–H and O–H groups in total. The van der Waals surface area contributed by atoms with Gasteiger partial charge in [0.15, 0.2) is 0 Å². The van der Waals surface area contributed by atoms with Gasteiger partial charge in [-0.05, 0) is 24.2 Å². The lowest BCUT2D eigenvalue weighted by Gasteiger charge is -2.23. The van der Waals surface area contributed by atoms with Gasteiger partial charge in [-0.25, -0.2) is 0 Å². The minimum Gasteiger partial charge on any atom is -0.318 e. The first-order valence-electron chi connectivity index (χ1n) is 6.02. The first kappa shape index (κ1) is 16.3. The normalized spacial score (nSPS) is 11.4. The molecule has 0 fully saturated rings. The molecular weight excluding hydrogens is 271 g/mol. The van der Waals surface area contributed by atoms with Crippen LogP contribution in [0.1, 0.15) is 5.56 Å². The van der Waals surface area contributed by atoms with Crippen LogP contribution in [0.25, 0.3) is 10.4 Å². The Morgan fingerprint density at radius 1 is 1.40 bits per heavy atom. The summed E-state index contributed by atoms with van der Waals surface area (Å²) in [6, 6.07) is 6.55. The lowest BCUT2D eigenvalue weighted by molar-refractivity contribution is -0.146. The van der Waals surface area contributed by atoms with Gasteiger partial charge in [-0.15, -0.1) is 0 Å². The molecule has 1 aromatic carbocycles. The first-order valence-corrected chi connectivity index (χ1v) is 6.02. The van der Waals surface area contributed by atoms with E-state index in [1.54, 1.807) is 31.3 Å². The molecule has 0 aromatic heterocycles. The Morgan fingerprint density at radius 3 is 2.75 bits per heavy atom. The summed E-state index contributed by atoms with van der Waals surface area (Å²) < 4.78 is 37.5. The fourth-order valence-corrected chi connectivity index (χ4v) is 1.76. The molecule has 0 bridgehead atoms. The molecule has 1 aromatic rings. The summed E-state index contributed by atoms with van der Waals surface area (Å²) in [7, 11) is 1.69. The van der Waals surface area contributed by atoms with Gasteiger partial charge in [0, 0.05) is 30.2 Å². The molecule has 8 heteroatoms. The molecule has 0 saturated heterocycles. The predicted molar refractivity (Wildman–Crippen MR) is 70.5 cm³/mol. The molecule has 5 nitrogen and oxygen atoms in total. The Hall–Kier alpha value is -1.76. The molecule has 110 valence electrons. The number of nitrogens with one attached hydrogen (secondary N) is 1. The topological polar surface area (TPSA) is 64.0 Å². The van der Waals surface area contributed by atoms with Crippen molar-refractivity contribution in [3.8, 4) is 0 Å². The summed E-state index contributed by atoms with van der Waals surface area (Å²) >= 11 is 0. The Balaban J connectivity index is 2.77. The fourth-order valence-electron chi connectivity index (χ4n) is 1.76. The molecule has 0 atom stereocenters. The van der Waals surface area contributed by atoms with Crippen LogP contribution in [-0.4, -0.2) is 37.8 Å². The average Bonchev–Trinajstić information content (AvgIpc) is 2.35. The maximum absolute atomic E-state index is 12.5. The molecule has 0 spiro atoms. The molecule has 0 heterocycles. The monoisotopic (exact) mass is 287 g/mol. The number of azide groups is 1. The Kier molecular flexibility index (Phi) is 6.30. The van der Waals surface area contributed by atoms with Crippen molar-refractivity contribution in [2.45, 2.75) is 12.7 Å². The van der Waals surface area contributed by atoms with E-state index >= 15 is 0 Å². The van der Waals surface area contributed by atoms with Gasteiger partial charge >= 0.3 is 6.18 Å². The summed E-state index contributed by atoms with van der Waals surface area (Å²) in [6.07, 6.45) is -4.24. The van der Waals surface area contributed by atoms with Crippen LogP contribution < -0.4 is 5.32 Å². The zero-order valence-electron chi connectivity index (χ0n) is 11.1. The van der Waals surface area contributed by atoms with E-state index in [1.165, 1.54) is 4.90 Å². The summed E-state index contributed by atoms with van der Waals surface area (Å²) in [4.78, 5) is 3.95. The third kappa shape index (κ3) is 6.42. The lowest BCUT2D eigenvalue weighted by Crippen LogP contribution is -2.37. The van der Waals surface area contributed by atoms with E-state index in [9.17, 15) is 13.2 Å². The fraction of sp³-hybridized carbons (Fsp3) is 0.500. The van der Waals surface area contributed by atoms with Crippen molar-refractivity contribution in [3.05, 3.63) is 40.3 Å². The maximum Gasteiger partial charge on any atom is 0.401 e. The Morgan fingerprint density at radius 2 is 2.15 bits per heavy atom. The van der Waals surface area contributed by atoms with Crippen LogP contribution in [0.5, 0.6) is 0 Å². The van der Waals surface area contributed by atoms with Crippen LogP contribution in [0.2, 0.25) is 0 Å². The van der Waals surface area contributed by atoms with Crippen molar-refractivity contribution in [1.82, 2.24) is 10.2 Å². The van der Waals surface area contributed by atoms with Crippen LogP contribution in [-0.2, 0) is 6.54 Å². The zero-order valence-corrected chi connectivity index (χ0v) is 11.1. The number of benzene rings is 1. The largest absolute Gasteiger partial charge is 0.401 e. The van der Waals surface area contributed by atoms with Gasteiger partial charge in [-0.1, -0.05) is 23.3 Å². The van der Waals surface area contributed by atoms with Gasteiger partial charge in [-0.2, -0.15) is 13.2 Å². The molecule has 0 radical (unpaired) electrons. The molecule has 0 saturated carbocycles. The average molecular weight is 287 g/mol. The number of nitrogens with zero attached hydrogens (tertiary/aromatic N) is 4. The third-order valence-electron chi connectivity index (χ3n) is 2.56. The van der Waals surface area contributed by atoms with Crippen molar-refractivity contribution in [1.29, 1.82) is 0 Å². The molecular formula is C12H16F3N5. The number of alkyl halides is 3. The van der Waals surface area contributed by atoms with Gasteiger partial charge < -0.3 is 5.32 Å². The molecule has 0 unspecified atom stereocenters. The predicted octanol–water partition coefficient (Wildman–Crippen LogP) is 3.21. The van der Waals surface area contributed by atoms with Crippen molar-refractivity contribution in [2.24, 2.45) is 5.11 Å². The standard InChI is InChI=1S/C12H16F3N5/c1-17-5-6-20(9-12(13,14)15)8-10-3-2-4-11(7-10)18-19-16/h2-4,7,17H,5-6,8-9H2,1H3. The highest BCUT2D eigenvalue weighted by Gasteiger charge is 2.30. The second kappa shape index (κ2) is 7.74. The lowest BCUT2D eigenvalue weighted by atomic mass is 10.2. The van der Waals surface area contributed by atoms with E-state index in [4.69, 9.17) is 5.53 Å². The van der Waals surface area contributed by atoms with Crippen LogP contribution in [0, 0.1) is 0 Å².